The van der Waals surface area contributed by atoms with Crippen molar-refractivity contribution in [3.8, 4) is 23.0 Å². The molecule has 1 unspecified atom stereocenters. The number of methoxy groups -OCH3 is 3. The van der Waals surface area contributed by atoms with E-state index in [1.807, 2.05) is 25.1 Å². The van der Waals surface area contributed by atoms with Gasteiger partial charge in [0, 0.05) is 5.56 Å². The molecule has 8 nitrogen and oxygen atoms in total. The van der Waals surface area contributed by atoms with Gasteiger partial charge < -0.3 is 24.4 Å². The van der Waals surface area contributed by atoms with E-state index in [2.05, 4.69) is 20.8 Å². The molecule has 8 heteroatoms. The number of nitrogens with zero attached hydrogens (tertiary/aromatic N) is 1. The summed E-state index contributed by atoms with van der Waals surface area (Å²) in [6.45, 7) is 7.98. The number of rotatable bonds is 6. The van der Waals surface area contributed by atoms with Crippen LogP contribution in [0, 0.1) is 6.92 Å². The summed E-state index contributed by atoms with van der Waals surface area (Å²) in [6, 6.07) is 14.1. The lowest BCUT2D eigenvalue weighted by molar-refractivity contribution is -0.132. The number of aliphatic hydroxyl groups excluding tert-OH is 1. The number of aromatic hydroxyl groups is 1. The Morgan fingerprint density at radius 3 is 2.05 bits per heavy atom. The summed E-state index contributed by atoms with van der Waals surface area (Å²) in [7, 11) is 4.39. The third-order valence-corrected chi connectivity index (χ3v) is 6.95. The minimum atomic E-state index is -1.11. The molecule has 1 heterocycles. The molecule has 2 N–H and O–H groups in total. The number of ketones is 1. The Labute approximate surface area is 228 Å². The van der Waals surface area contributed by atoms with Crippen molar-refractivity contribution in [3.63, 3.8) is 0 Å². The normalized spacial score (nSPS) is 16.9. The molecular weight excluding hydrogens is 498 g/mol. The van der Waals surface area contributed by atoms with Gasteiger partial charge in [0.15, 0.2) is 11.5 Å². The van der Waals surface area contributed by atoms with Gasteiger partial charge >= 0.3 is 0 Å². The van der Waals surface area contributed by atoms with Gasteiger partial charge in [0.1, 0.15) is 11.5 Å². The summed E-state index contributed by atoms with van der Waals surface area (Å²) in [4.78, 5) is 28.4. The summed E-state index contributed by atoms with van der Waals surface area (Å²) < 4.78 is 16.5. The predicted molar refractivity (Wildman–Crippen MR) is 149 cm³/mol. The van der Waals surface area contributed by atoms with Gasteiger partial charge in [-0.2, -0.15) is 0 Å². The van der Waals surface area contributed by atoms with Gasteiger partial charge in [0.2, 0.25) is 5.75 Å². The molecule has 0 bridgehead atoms. The molecule has 1 amide bonds. The highest BCUT2D eigenvalue weighted by Gasteiger charge is 2.48. The number of para-hydroxylation sites is 2. The van der Waals surface area contributed by atoms with Crippen LogP contribution in [0.2, 0.25) is 0 Å². The van der Waals surface area contributed by atoms with Gasteiger partial charge in [-0.15, -0.1) is 0 Å². The van der Waals surface area contributed by atoms with E-state index < -0.39 is 17.7 Å². The molecular formula is C31H33NO7. The zero-order chi connectivity index (χ0) is 28.6. The third kappa shape index (κ3) is 4.78. The molecule has 0 radical (unpaired) electrons. The number of carbonyl (C=O) groups excluding carboxylic acids is 2. The Morgan fingerprint density at radius 1 is 0.897 bits per heavy atom. The highest BCUT2D eigenvalue weighted by atomic mass is 16.5. The minimum Gasteiger partial charge on any atom is -0.507 e. The Morgan fingerprint density at radius 2 is 1.51 bits per heavy atom. The molecule has 4 rings (SSSR count). The standard InChI is InChI=1S/C31H33NO7/c1-17-12-13-19(31(2,3)4)16-20(17)27(34)25-26(18-14-23(37-5)29(39-7)24(15-18)38-6)32(30(36)28(25)35)21-10-8-9-11-22(21)33/h8-16,26,33-34H,1-7H3/b27-25+. The van der Waals surface area contributed by atoms with Crippen LogP contribution < -0.4 is 19.1 Å². The quantitative estimate of drug-likeness (QED) is 0.241. The van der Waals surface area contributed by atoms with E-state index in [4.69, 9.17) is 14.2 Å². The number of hydrogen-bond acceptors (Lipinski definition) is 7. The second-order valence-electron chi connectivity index (χ2n) is 10.4. The van der Waals surface area contributed by atoms with E-state index in [-0.39, 0.29) is 28.2 Å². The highest BCUT2D eigenvalue weighted by molar-refractivity contribution is 6.52. The first-order valence-corrected chi connectivity index (χ1v) is 12.4. The van der Waals surface area contributed by atoms with Crippen molar-refractivity contribution >= 4 is 23.1 Å². The fraction of sp³-hybridized carbons (Fsp3) is 0.290. The number of phenols is 1. The predicted octanol–water partition coefficient (Wildman–Crippen LogP) is 5.65. The second kappa shape index (κ2) is 10.4. The Balaban J connectivity index is 2.07. The van der Waals surface area contributed by atoms with Gasteiger partial charge in [-0.1, -0.05) is 45.0 Å². The number of amides is 1. The van der Waals surface area contributed by atoms with Crippen molar-refractivity contribution < 1.29 is 34.0 Å². The lowest BCUT2D eigenvalue weighted by Crippen LogP contribution is -2.29. The molecule has 0 aliphatic carbocycles. The van der Waals surface area contributed by atoms with Crippen LogP contribution in [0.1, 0.15) is 49.1 Å². The van der Waals surface area contributed by atoms with Crippen LogP contribution in [0.3, 0.4) is 0 Å². The molecule has 1 saturated heterocycles. The SMILES string of the molecule is COc1cc(C2/C(=C(\O)c3cc(C(C)(C)C)ccc3C)C(=O)C(=O)N2c2ccccc2O)cc(OC)c1OC. The molecule has 0 saturated carbocycles. The third-order valence-electron chi connectivity index (χ3n) is 6.95. The maximum absolute atomic E-state index is 13.6. The average Bonchev–Trinajstić information content (AvgIpc) is 3.17. The summed E-state index contributed by atoms with van der Waals surface area (Å²) in [6.07, 6.45) is 0. The largest absolute Gasteiger partial charge is 0.507 e. The average molecular weight is 532 g/mol. The van der Waals surface area contributed by atoms with E-state index in [0.29, 0.717) is 28.4 Å². The van der Waals surface area contributed by atoms with E-state index in [1.54, 1.807) is 24.3 Å². The summed E-state index contributed by atoms with van der Waals surface area (Å²) >= 11 is 0. The number of Topliss-reactive ketones (excluding diaryl/α,β-unsaturated/α-hetero) is 1. The Hall–Kier alpha value is -4.46. The van der Waals surface area contributed by atoms with Crippen LogP contribution in [-0.2, 0) is 15.0 Å². The molecule has 1 aliphatic heterocycles. The van der Waals surface area contributed by atoms with Crippen molar-refractivity contribution in [1.29, 1.82) is 0 Å². The number of anilines is 1. The van der Waals surface area contributed by atoms with Gasteiger partial charge in [0.05, 0.1) is 38.6 Å². The van der Waals surface area contributed by atoms with E-state index in [1.165, 1.54) is 38.4 Å². The van der Waals surface area contributed by atoms with Crippen molar-refractivity contribution in [2.45, 2.75) is 39.2 Å². The molecule has 0 aromatic heterocycles. The maximum Gasteiger partial charge on any atom is 0.300 e. The fourth-order valence-corrected chi connectivity index (χ4v) is 4.81. The van der Waals surface area contributed by atoms with Crippen molar-refractivity contribution in [2.24, 2.45) is 0 Å². The van der Waals surface area contributed by atoms with E-state index >= 15 is 0 Å². The lowest BCUT2D eigenvalue weighted by Gasteiger charge is -2.27. The van der Waals surface area contributed by atoms with Gasteiger partial charge in [-0.3, -0.25) is 14.5 Å². The zero-order valence-electron chi connectivity index (χ0n) is 23.2. The summed E-state index contributed by atoms with van der Waals surface area (Å²) in [5.41, 5.74) is 2.32. The molecule has 39 heavy (non-hydrogen) atoms. The van der Waals surface area contributed by atoms with Crippen molar-refractivity contribution in [1.82, 2.24) is 0 Å². The smallest absolute Gasteiger partial charge is 0.300 e. The first-order chi connectivity index (χ1) is 18.4. The van der Waals surface area contributed by atoms with Crippen molar-refractivity contribution in [3.05, 3.63) is 82.4 Å². The number of aryl methyl sites for hydroxylation is 1. The molecule has 1 aliphatic rings. The number of carbonyl (C=O) groups is 2. The first-order valence-electron chi connectivity index (χ1n) is 12.4. The van der Waals surface area contributed by atoms with Crippen LogP contribution in [0.5, 0.6) is 23.0 Å². The zero-order valence-corrected chi connectivity index (χ0v) is 23.2. The van der Waals surface area contributed by atoms with E-state index in [9.17, 15) is 19.8 Å². The van der Waals surface area contributed by atoms with Crippen molar-refractivity contribution in [2.75, 3.05) is 26.2 Å². The summed E-state index contributed by atoms with van der Waals surface area (Å²) in [5, 5.41) is 22.4. The van der Waals surface area contributed by atoms with Crippen LogP contribution in [0.25, 0.3) is 5.76 Å². The molecule has 1 fully saturated rings. The van der Waals surface area contributed by atoms with Gasteiger partial charge in [0.25, 0.3) is 11.7 Å². The monoisotopic (exact) mass is 531 g/mol. The van der Waals surface area contributed by atoms with Gasteiger partial charge in [-0.25, -0.2) is 0 Å². The van der Waals surface area contributed by atoms with Crippen LogP contribution in [0.4, 0.5) is 5.69 Å². The lowest BCUT2D eigenvalue weighted by atomic mass is 9.84. The van der Waals surface area contributed by atoms with Crippen LogP contribution in [0.15, 0.2) is 60.2 Å². The topological polar surface area (TPSA) is 106 Å². The summed E-state index contributed by atoms with van der Waals surface area (Å²) in [5.74, 6) is -1.33. The number of benzene rings is 3. The van der Waals surface area contributed by atoms with Crippen LogP contribution in [-0.4, -0.2) is 43.2 Å². The Kier molecular flexibility index (Phi) is 7.33. The first kappa shape index (κ1) is 27.6. The molecule has 3 aromatic carbocycles. The molecule has 3 aromatic rings. The molecule has 0 spiro atoms. The highest BCUT2D eigenvalue weighted by Crippen LogP contribution is 2.48. The van der Waals surface area contributed by atoms with Gasteiger partial charge in [-0.05, 0) is 59.4 Å². The number of phenolic OH excluding ortho intramolecular Hbond substituents is 1. The second-order valence-corrected chi connectivity index (χ2v) is 10.4. The number of aliphatic hydroxyl groups is 1. The number of ether oxygens (including phenoxy) is 3. The minimum absolute atomic E-state index is 0.119. The van der Waals surface area contributed by atoms with Crippen LogP contribution >= 0.6 is 0 Å². The maximum atomic E-state index is 13.6. The van der Waals surface area contributed by atoms with E-state index in [0.717, 1.165) is 11.1 Å². The molecule has 1 atom stereocenters. The fourth-order valence-electron chi connectivity index (χ4n) is 4.81. The Bertz CT molecular complexity index is 1460. The number of hydrogen-bond donors (Lipinski definition) is 2. The molecule has 204 valence electrons.